The third-order valence-electron chi connectivity index (χ3n) is 4.55. The van der Waals surface area contributed by atoms with Gasteiger partial charge in [-0.2, -0.15) is 0 Å². The summed E-state index contributed by atoms with van der Waals surface area (Å²) in [5.74, 6) is 1.68. The summed E-state index contributed by atoms with van der Waals surface area (Å²) < 4.78 is 12.2. The molecule has 0 spiro atoms. The van der Waals surface area contributed by atoms with Crippen molar-refractivity contribution >= 4 is 5.69 Å². The minimum Gasteiger partial charge on any atom is -0.493 e. The van der Waals surface area contributed by atoms with Gasteiger partial charge >= 0.3 is 0 Å². The van der Waals surface area contributed by atoms with E-state index in [0.717, 1.165) is 40.3 Å². The van der Waals surface area contributed by atoms with Crippen LogP contribution in [0, 0.1) is 6.92 Å². The Morgan fingerprint density at radius 3 is 2.58 bits per heavy atom. The van der Waals surface area contributed by atoms with E-state index < -0.39 is 0 Å². The maximum atomic E-state index is 6.39. The molecule has 3 heteroatoms. The molecule has 0 bridgehead atoms. The third kappa shape index (κ3) is 3.25. The van der Waals surface area contributed by atoms with E-state index in [1.807, 2.05) is 18.2 Å². The molecule has 1 unspecified atom stereocenters. The van der Waals surface area contributed by atoms with Gasteiger partial charge in [0.05, 0.1) is 6.61 Å². The van der Waals surface area contributed by atoms with Gasteiger partial charge in [0.25, 0.3) is 0 Å². The normalized spacial score (nSPS) is 15.1. The van der Waals surface area contributed by atoms with Gasteiger partial charge in [-0.3, -0.25) is 0 Å². The highest BCUT2D eigenvalue weighted by atomic mass is 16.5. The summed E-state index contributed by atoms with van der Waals surface area (Å²) in [6.07, 6.45) is 0.730. The van der Waals surface area contributed by atoms with Gasteiger partial charge in [0.15, 0.2) is 6.23 Å². The zero-order chi connectivity index (χ0) is 17.9. The van der Waals surface area contributed by atoms with Gasteiger partial charge in [-0.25, -0.2) is 0 Å². The van der Waals surface area contributed by atoms with Crippen LogP contribution in [0.3, 0.4) is 0 Å². The number of nitrogens with one attached hydrogen (secondary N) is 1. The molecule has 132 valence electrons. The maximum absolute atomic E-state index is 6.39. The summed E-state index contributed by atoms with van der Waals surface area (Å²) in [6, 6.07) is 22.8. The average Bonchev–Trinajstić information content (AvgIpc) is 2.83. The van der Waals surface area contributed by atoms with E-state index in [4.69, 9.17) is 9.47 Å². The number of hydrogen-bond donors (Lipinski definition) is 1. The van der Waals surface area contributed by atoms with Crippen molar-refractivity contribution in [3.63, 3.8) is 0 Å². The van der Waals surface area contributed by atoms with Crippen molar-refractivity contribution in [2.24, 2.45) is 0 Å². The fraction of sp³-hybridized carbons (Fsp3) is 0.217. The quantitative estimate of drug-likeness (QED) is 0.633. The van der Waals surface area contributed by atoms with Crippen LogP contribution in [0.25, 0.3) is 11.1 Å². The summed E-state index contributed by atoms with van der Waals surface area (Å²) >= 11 is 0. The van der Waals surface area contributed by atoms with Crippen molar-refractivity contribution in [2.45, 2.75) is 26.5 Å². The van der Waals surface area contributed by atoms with Crippen molar-refractivity contribution in [1.29, 1.82) is 0 Å². The molecule has 0 aliphatic carbocycles. The lowest BCUT2D eigenvalue weighted by atomic mass is 10.0. The predicted octanol–water partition coefficient (Wildman–Crippen LogP) is 5.95. The summed E-state index contributed by atoms with van der Waals surface area (Å²) in [7, 11) is 0. The predicted molar refractivity (Wildman–Crippen MR) is 106 cm³/mol. The van der Waals surface area contributed by atoms with Gasteiger partial charge in [-0.05, 0) is 31.5 Å². The lowest BCUT2D eigenvalue weighted by molar-refractivity contribution is 0.236. The van der Waals surface area contributed by atoms with E-state index in [1.165, 1.54) is 5.56 Å². The van der Waals surface area contributed by atoms with Crippen molar-refractivity contribution in [3.05, 3.63) is 77.9 Å². The molecule has 0 fully saturated rings. The molecule has 3 nitrogen and oxygen atoms in total. The SMILES string of the molecule is CCCOc1ccc2c(c1)OC(c1ccc(C)cc1)Nc1ccccc1-2. The maximum Gasteiger partial charge on any atom is 0.196 e. The van der Waals surface area contributed by atoms with Gasteiger partial charge < -0.3 is 14.8 Å². The van der Waals surface area contributed by atoms with Crippen LogP contribution in [0.1, 0.15) is 30.7 Å². The Bertz CT molecular complexity index is 902. The van der Waals surface area contributed by atoms with E-state index in [0.29, 0.717) is 6.61 Å². The van der Waals surface area contributed by atoms with Crippen molar-refractivity contribution in [1.82, 2.24) is 0 Å². The fourth-order valence-electron chi connectivity index (χ4n) is 3.17. The second kappa shape index (κ2) is 7.12. The summed E-state index contributed by atoms with van der Waals surface area (Å²) in [6.45, 7) is 4.90. The minimum absolute atomic E-state index is 0.251. The van der Waals surface area contributed by atoms with Crippen LogP contribution >= 0.6 is 0 Å². The van der Waals surface area contributed by atoms with Gasteiger partial charge in [-0.1, -0.05) is 55.0 Å². The van der Waals surface area contributed by atoms with E-state index in [2.05, 4.69) is 67.7 Å². The fourth-order valence-corrected chi connectivity index (χ4v) is 3.17. The standard InChI is InChI=1S/C23H23NO2/c1-3-14-25-18-12-13-20-19-6-4-5-7-21(19)24-23(26-22(20)15-18)17-10-8-16(2)9-11-17/h4-13,15,23-24H,3,14H2,1-2H3. The topological polar surface area (TPSA) is 30.5 Å². The van der Waals surface area contributed by atoms with E-state index >= 15 is 0 Å². The Balaban J connectivity index is 1.78. The van der Waals surface area contributed by atoms with Crippen LogP contribution in [0.15, 0.2) is 66.7 Å². The van der Waals surface area contributed by atoms with Crippen LogP contribution in [0.2, 0.25) is 0 Å². The van der Waals surface area contributed by atoms with Crippen LogP contribution in [0.5, 0.6) is 11.5 Å². The molecule has 1 heterocycles. The van der Waals surface area contributed by atoms with Crippen molar-refractivity contribution < 1.29 is 9.47 Å². The zero-order valence-electron chi connectivity index (χ0n) is 15.2. The van der Waals surface area contributed by atoms with Crippen LogP contribution in [-0.2, 0) is 0 Å². The molecule has 3 aromatic carbocycles. The van der Waals surface area contributed by atoms with Crippen LogP contribution in [-0.4, -0.2) is 6.61 Å². The third-order valence-corrected chi connectivity index (χ3v) is 4.55. The van der Waals surface area contributed by atoms with E-state index in [9.17, 15) is 0 Å². The molecule has 0 radical (unpaired) electrons. The monoisotopic (exact) mass is 345 g/mol. The molecule has 0 amide bonds. The minimum atomic E-state index is -0.251. The van der Waals surface area contributed by atoms with Gasteiger partial charge in [0.1, 0.15) is 11.5 Å². The molecular weight excluding hydrogens is 322 g/mol. The van der Waals surface area contributed by atoms with Gasteiger partial charge in [-0.15, -0.1) is 0 Å². The molecule has 1 aliphatic rings. The molecular formula is C23H23NO2. The summed E-state index contributed by atoms with van der Waals surface area (Å²) in [4.78, 5) is 0. The number of benzene rings is 3. The number of para-hydroxylation sites is 1. The zero-order valence-corrected chi connectivity index (χ0v) is 15.2. The Labute approximate surface area is 154 Å². The highest BCUT2D eigenvalue weighted by Crippen LogP contribution is 2.43. The van der Waals surface area contributed by atoms with Crippen molar-refractivity contribution in [2.75, 3.05) is 11.9 Å². The molecule has 3 aromatic rings. The number of hydrogen-bond acceptors (Lipinski definition) is 3. The molecule has 0 aromatic heterocycles. The summed E-state index contributed by atoms with van der Waals surface area (Å²) in [5, 5.41) is 3.54. The smallest absolute Gasteiger partial charge is 0.196 e. The summed E-state index contributed by atoms with van der Waals surface area (Å²) in [5.41, 5.74) is 5.61. The van der Waals surface area contributed by atoms with Gasteiger partial charge in [0, 0.05) is 28.4 Å². The van der Waals surface area contributed by atoms with Gasteiger partial charge in [0.2, 0.25) is 0 Å². The Kier molecular flexibility index (Phi) is 4.53. The molecule has 0 saturated heterocycles. The molecule has 1 atom stereocenters. The molecule has 4 rings (SSSR count). The van der Waals surface area contributed by atoms with Crippen molar-refractivity contribution in [3.8, 4) is 22.6 Å². The number of anilines is 1. The largest absolute Gasteiger partial charge is 0.493 e. The lowest BCUT2D eigenvalue weighted by Gasteiger charge is -2.20. The van der Waals surface area contributed by atoms with Crippen LogP contribution < -0.4 is 14.8 Å². The average molecular weight is 345 g/mol. The lowest BCUT2D eigenvalue weighted by Crippen LogP contribution is -2.16. The van der Waals surface area contributed by atoms with E-state index in [1.54, 1.807) is 0 Å². The number of rotatable bonds is 4. The molecule has 1 N–H and O–H groups in total. The highest BCUT2D eigenvalue weighted by molar-refractivity contribution is 5.83. The van der Waals surface area contributed by atoms with E-state index in [-0.39, 0.29) is 6.23 Å². The van der Waals surface area contributed by atoms with Crippen LogP contribution in [0.4, 0.5) is 5.69 Å². The number of ether oxygens (including phenoxy) is 2. The highest BCUT2D eigenvalue weighted by Gasteiger charge is 2.23. The Hall–Kier alpha value is -2.94. The Morgan fingerprint density at radius 1 is 0.962 bits per heavy atom. The second-order valence-electron chi connectivity index (χ2n) is 6.60. The number of fused-ring (bicyclic) bond motifs is 3. The second-order valence-corrected chi connectivity index (χ2v) is 6.60. The first-order valence-corrected chi connectivity index (χ1v) is 9.10. The molecule has 1 aliphatic heterocycles. The first-order chi connectivity index (χ1) is 12.7. The number of aryl methyl sites for hydroxylation is 1. The first kappa shape index (κ1) is 16.5. The Morgan fingerprint density at radius 2 is 1.77 bits per heavy atom. The molecule has 0 saturated carbocycles. The first-order valence-electron chi connectivity index (χ1n) is 9.10. The molecule has 26 heavy (non-hydrogen) atoms.